The SMILES string of the molecule is O=[N+]([O-])c1c([N+](=O)[O-])c(-c2ccc(O)cc2)c2nsnc2c1-c1ccc(O)cc1. The molecule has 0 saturated carbocycles. The molecule has 0 atom stereocenters. The van der Waals surface area contributed by atoms with E-state index in [2.05, 4.69) is 8.75 Å². The summed E-state index contributed by atoms with van der Waals surface area (Å²) in [5, 5.41) is 43.0. The number of hydrogen-bond acceptors (Lipinski definition) is 9. The van der Waals surface area contributed by atoms with Crippen molar-refractivity contribution in [3.05, 3.63) is 68.8 Å². The van der Waals surface area contributed by atoms with Crippen LogP contribution in [0, 0.1) is 20.2 Å². The maximum Gasteiger partial charge on any atom is 0.356 e. The van der Waals surface area contributed by atoms with Gasteiger partial charge in [-0.3, -0.25) is 20.2 Å². The van der Waals surface area contributed by atoms with Crippen molar-refractivity contribution in [3.63, 3.8) is 0 Å². The Bertz CT molecular complexity index is 1170. The summed E-state index contributed by atoms with van der Waals surface area (Å²) in [7, 11) is 0. The molecular weight excluding hydrogens is 400 g/mol. The quantitative estimate of drug-likeness (QED) is 0.374. The van der Waals surface area contributed by atoms with Gasteiger partial charge in [0.15, 0.2) is 0 Å². The molecule has 11 heteroatoms. The number of rotatable bonds is 4. The molecule has 0 unspecified atom stereocenters. The van der Waals surface area contributed by atoms with E-state index in [0.29, 0.717) is 0 Å². The summed E-state index contributed by atoms with van der Waals surface area (Å²) < 4.78 is 8.31. The van der Waals surface area contributed by atoms with Gasteiger partial charge in [-0.15, -0.1) is 0 Å². The second kappa shape index (κ2) is 6.80. The van der Waals surface area contributed by atoms with Crippen molar-refractivity contribution in [2.45, 2.75) is 0 Å². The van der Waals surface area contributed by atoms with Gasteiger partial charge >= 0.3 is 11.4 Å². The van der Waals surface area contributed by atoms with Crippen LogP contribution in [0.2, 0.25) is 0 Å². The van der Waals surface area contributed by atoms with E-state index in [9.17, 15) is 30.4 Å². The molecule has 0 bridgehead atoms. The first-order chi connectivity index (χ1) is 13.9. The van der Waals surface area contributed by atoms with E-state index in [1.54, 1.807) is 0 Å². The van der Waals surface area contributed by atoms with Crippen LogP contribution in [0.5, 0.6) is 11.5 Å². The fraction of sp³-hybridized carbons (Fsp3) is 0. The van der Waals surface area contributed by atoms with Gasteiger partial charge in [-0.2, -0.15) is 8.75 Å². The highest BCUT2D eigenvalue weighted by molar-refractivity contribution is 7.00. The number of hydrogen-bond donors (Lipinski definition) is 2. The molecule has 29 heavy (non-hydrogen) atoms. The summed E-state index contributed by atoms with van der Waals surface area (Å²) in [6, 6.07) is 11.0. The zero-order valence-electron chi connectivity index (χ0n) is 14.3. The van der Waals surface area contributed by atoms with Gasteiger partial charge < -0.3 is 10.2 Å². The molecule has 2 N–H and O–H groups in total. The number of aromatic hydroxyl groups is 2. The summed E-state index contributed by atoms with van der Waals surface area (Å²) in [4.78, 5) is 22.3. The Labute approximate surface area is 165 Å². The summed E-state index contributed by atoms with van der Waals surface area (Å²) in [6.45, 7) is 0. The lowest BCUT2D eigenvalue weighted by Crippen LogP contribution is -2.03. The van der Waals surface area contributed by atoms with Gasteiger partial charge in [-0.25, -0.2) is 0 Å². The lowest BCUT2D eigenvalue weighted by atomic mass is 9.93. The molecular formula is C18H10N4O6S. The number of fused-ring (bicyclic) bond motifs is 1. The molecule has 3 aromatic carbocycles. The first kappa shape index (κ1) is 18.3. The predicted octanol–water partition coefficient (Wildman–Crippen LogP) is 4.25. The highest BCUT2D eigenvalue weighted by Gasteiger charge is 2.38. The van der Waals surface area contributed by atoms with Crippen LogP contribution in [0.15, 0.2) is 48.5 Å². The Morgan fingerprint density at radius 3 is 1.34 bits per heavy atom. The van der Waals surface area contributed by atoms with Crippen molar-refractivity contribution in [2.75, 3.05) is 0 Å². The molecule has 144 valence electrons. The third-order valence-corrected chi connectivity index (χ3v) is 4.87. The smallest absolute Gasteiger partial charge is 0.356 e. The van der Waals surface area contributed by atoms with Crippen molar-refractivity contribution in [1.29, 1.82) is 0 Å². The number of nitro benzene ring substituents is 2. The van der Waals surface area contributed by atoms with Gasteiger partial charge in [0.1, 0.15) is 22.5 Å². The third kappa shape index (κ3) is 2.99. The van der Waals surface area contributed by atoms with E-state index in [1.807, 2.05) is 0 Å². The minimum atomic E-state index is -0.816. The highest BCUT2D eigenvalue weighted by Crippen LogP contribution is 2.49. The zero-order valence-corrected chi connectivity index (χ0v) is 15.2. The summed E-state index contributed by atoms with van der Waals surface area (Å²) >= 11 is 0.774. The minimum absolute atomic E-state index is 0.0482. The van der Waals surface area contributed by atoms with E-state index in [-0.39, 0.29) is 44.8 Å². The molecule has 0 aliphatic rings. The van der Waals surface area contributed by atoms with E-state index in [1.165, 1.54) is 48.5 Å². The monoisotopic (exact) mass is 410 g/mol. The average Bonchev–Trinajstić information content (AvgIpc) is 3.17. The maximum absolute atomic E-state index is 12.0. The van der Waals surface area contributed by atoms with Crippen molar-refractivity contribution >= 4 is 34.1 Å². The molecule has 0 aliphatic heterocycles. The Morgan fingerprint density at radius 1 is 0.690 bits per heavy atom. The molecule has 1 aromatic heterocycles. The maximum atomic E-state index is 12.0. The number of aromatic nitrogens is 2. The van der Waals surface area contributed by atoms with E-state index >= 15 is 0 Å². The topological polar surface area (TPSA) is 153 Å². The van der Waals surface area contributed by atoms with Gasteiger partial charge in [-0.05, 0) is 35.4 Å². The number of nitrogens with zero attached hydrogens (tertiary/aromatic N) is 4. The molecule has 0 spiro atoms. The van der Waals surface area contributed by atoms with Crippen LogP contribution in [-0.2, 0) is 0 Å². The van der Waals surface area contributed by atoms with Crippen LogP contribution >= 0.6 is 11.7 Å². The Balaban J connectivity index is 2.20. The standard InChI is InChI=1S/C18H10N4O6S/c23-11-5-1-9(2-6-11)13-15-16(20-29-19-15)14(10-3-7-12(24)8-4-10)18(22(27)28)17(13)21(25)26/h1-8,23-24H. The van der Waals surface area contributed by atoms with Crippen LogP contribution in [-0.4, -0.2) is 28.8 Å². The summed E-state index contributed by atoms with van der Waals surface area (Å²) in [5.74, 6) is -0.112. The molecule has 0 amide bonds. The van der Waals surface area contributed by atoms with Crippen molar-refractivity contribution in [2.24, 2.45) is 0 Å². The number of phenolic OH excluding ortho intramolecular Hbond substituents is 2. The molecule has 4 rings (SSSR count). The van der Waals surface area contributed by atoms with Crippen LogP contribution in [0.25, 0.3) is 33.3 Å². The van der Waals surface area contributed by atoms with E-state index < -0.39 is 21.2 Å². The Hall–Kier alpha value is -4.12. The molecule has 10 nitrogen and oxygen atoms in total. The Kier molecular flexibility index (Phi) is 4.28. The molecule has 1 heterocycles. The summed E-state index contributed by atoms with van der Waals surface area (Å²) in [6.07, 6.45) is 0. The van der Waals surface area contributed by atoms with E-state index in [4.69, 9.17) is 0 Å². The van der Waals surface area contributed by atoms with Crippen LogP contribution in [0.4, 0.5) is 11.4 Å². The average molecular weight is 410 g/mol. The normalized spacial score (nSPS) is 10.9. The highest BCUT2D eigenvalue weighted by atomic mass is 32.1. The number of phenols is 2. The van der Waals surface area contributed by atoms with Gasteiger partial charge in [0.2, 0.25) is 0 Å². The van der Waals surface area contributed by atoms with Crippen LogP contribution < -0.4 is 0 Å². The minimum Gasteiger partial charge on any atom is -0.508 e. The molecule has 0 radical (unpaired) electrons. The van der Waals surface area contributed by atoms with Gasteiger partial charge in [0, 0.05) is 0 Å². The number of nitro groups is 2. The third-order valence-electron chi connectivity index (χ3n) is 4.34. The van der Waals surface area contributed by atoms with Gasteiger partial charge in [-0.1, -0.05) is 24.3 Å². The molecule has 0 fully saturated rings. The van der Waals surface area contributed by atoms with Crippen LogP contribution in [0.3, 0.4) is 0 Å². The molecule has 0 saturated heterocycles. The van der Waals surface area contributed by atoms with Crippen molar-refractivity contribution in [3.8, 4) is 33.8 Å². The fourth-order valence-corrected chi connectivity index (χ4v) is 3.70. The lowest BCUT2D eigenvalue weighted by Gasteiger charge is -2.10. The largest absolute Gasteiger partial charge is 0.508 e. The van der Waals surface area contributed by atoms with Crippen molar-refractivity contribution in [1.82, 2.24) is 8.75 Å². The first-order valence-electron chi connectivity index (χ1n) is 8.08. The van der Waals surface area contributed by atoms with E-state index in [0.717, 1.165) is 11.7 Å². The second-order valence-electron chi connectivity index (χ2n) is 6.02. The first-order valence-corrected chi connectivity index (χ1v) is 8.81. The molecule has 0 aliphatic carbocycles. The second-order valence-corrected chi connectivity index (χ2v) is 6.55. The van der Waals surface area contributed by atoms with Gasteiger partial charge in [0.25, 0.3) is 0 Å². The fourth-order valence-electron chi connectivity index (χ4n) is 3.14. The lowest BCUT2D eigenvalue weighted by molar-refractivity contribution is -0.421. The number of benzene rings is 3. The zero-order chi connectivity index (χ0) is 20.7. The Morgan fingerprint density at radius 2 is 1.03 bits per heavy atom. The van der Waals surface area contributed by atoms with Crippen LogP contribution in [0.1, 0.15) is 0 Å². The predicted molar refractivity (Wildman–Crippen MR) is 105 cm³/mol. The summed E-state index contributed by atoms with van der Waals surface area (Å²) in [5.41, 5.74) is -0.684. The van der Waals surface area contributed by atoms with Crippen molar-refractivity contribution < 1.29 is 20.1 Å². The molecule has 4 aromatic rings. The van der Waals surface area contributed by atoms with Gasteiger partial charge in [0.05, 0.1) is 32.7 Å².